The lowest BCUT2D eigenvalue weighted by molar-refractivity contribution is 0.0675. The summed E-state index contributed by atoms with van der Waals surface area (Å²) in [6.07, 6.45) is 2.00. The molecule has 2 aliphatic heterocycles. The van der Waals surface area contributed by atoms with E-state index in [1.165, 1.54) is 0 Å². The van der Waals surface area contributed by atoms with Crippen LogP contribution in [0.1, 0.15) is 24.3 Å². The van der Waals surface area contributed by atoms with Gasteiger partial charge in [-0.15, -0.1) is 18.5 Å². The van der Waals surface area contributed by atoms with Gasteiger partial charge in [0.15, 0.2) is 11.5 Å². The zero-order chi connectivity index (χ0) is 13.7. The second kappa shape index (κ2) is 4.79. The fourth-order valence-corrected chi connectivity index (χ4v) is 4.05. The lowest BCUT2D eigenvalue weighted by atomic mass is 9.85. The van der Waals surface area contributed by atoms with Gasteiger partial charge in [-0.25, -0.2) is 0 Å². The van der Waals surface area contributed by atoms with Crippen LogP contribution >= 0.6 is 18.5 Å². The zero-order valence-electron chi connectivity index (χ0n) is 10.9. The van der Waals surface area contributed by atoms with Crippen LogP contribution in [0.15, 0.2) is 23.7 Å². The molecule has 4 nitrogen and oxygen atoms in total. The van der Waals surface area contributed by atoms with E-state index < -0.39 is 0 Å². The second-order valence-corrected chi connectivity index (χ2v) is 6.65. The van der Waals surface area contributed by atoms with Gasteiger partial charge in [-0.05, 0) is 23.5 Å². The van der Waals surface area contributed by atoms with Crippen LogP contribution in [0.5, 0.6) is 11.5 Å². The number of rotatable bonds is 1. The van der Waals surface area contributed by atoms with Crippen LogP contribution in [-0.4, -0.2) is 19.2 Å². The van der Waals surface area contributed by atoms with E-state index >= 15 is 0 Å². The molecule has 0 spiro atoms. The Kier molecular flexibility index (Phi) is 3.05. The number of allylic oxidation sites excluding steroid dienone is 2. The Bertz CT molecular complexity index is 599. The van der Waals surface area contributed by atoms with Crippen molar-refractivity contribution in [1.82, 2.24) is 0 Å². The normalized spacial score (nSPS) is 27.1. The van der Waals surface area contributed by atoms with Crippen LogP contribution in [0.25, 0.3) is 0 Å². The Balaban J connectivity index is 1.88. The standard InChI is InChI=1S/C14H16O4P2/c19-9-3-1-7-13(17-5-15-7)11(9)12-10(20)4-2-8-14(12)18-6-16-8/h1,3,10,12H,2,4-6,19-20H2/t10-,12+/m1/s1. The third-order valence-corrected chi connectivity index (χ3v) is 5.28. The average molecular weight is 310 g/mol. The quantitative estimate of drug-likeness (QED) is 0.746. The van der Waals surface area contributed by atoms with Crippen molar-refractivity contribution in [2.45, 2.75) is 24.4 Å². The summed E-state index contributed by atoms with van der Waals surface area (Å²) in [6.45, 7) is 0.616. The summed E-state index contributed by atoms with van der Waals surface area (Å²) in [5.41, 5.74) is 1.55. The Morgan fingerprint density at radius 1 is 1.05 bits per heavy atom. The zero-order valence-corrected chi connectivity index (χ0v) is 13.2. The summed E-state index contributed by atoms with van der Waals surface area (Å²) in [6, 6.07) is 4.01. The van der Waals surface area contributed by atoms with Crippen LogP contribution in [0, 0.1) is 0 Å². The number of benzene rings is 1. The highest BCUT2D eigenvalue weighted by molar-refractivity contribution is 7.27. The molecule has 0 aromatic heterocycles. The molecule has 3 aliphatic rings. The molecule has 2 unspecified atom stereocenters. The third-order valence-electron chi connectivity index (χ3n) is 4.06. The smallest absolute Gasteiger partial charge is 0.231 e. The maximum Gasteiger partial charge on any atom is 0.231 e. The molecular formula is C14H16O4P2. The molecule has 6 heteroatoms. The van der Waals surface area contributed by atoms with E-state index in [0.717, 1.165) is 46.7 Å². The number of fused-ring (bicyclic) bond motifs is 1. The van der Waals surface area contributed by atoms with E-state index in [2.05, 4.69) is 24.5 Å². The highest BCUT2D eigenvalue weighted by Crippen LogP contribution is 2.49. The molecule has 4 rings (SSSR count). The molecule has 1 aromatic carbocycles. The molecule has 0 fully saturated rings. The van der Waals surface area contributed by atoms with E-state index in [9.17, 15) is 0 Å². The second-order valence-electron chi connectivity index (χ2n) is 5.18. The largest absolute Gasteiger partial charge is 0.458 e. The van der Waals surface area contributed by atoms with Crippen LogP contribution in [0.2, 0.25) is 0 Å². The van der Waals surface area contributed by atoms with E-state index in [-0.39, 0.29) is 12.7 Å². The first-order valence-corrected chi connectivity index (χ1v) is 7.92. The van der Waals surface area contributed by atoms with Crippen molar-refractivity contribution in [2.24, 2.45) is 0 Å². The summed E-state index contributed by atoms with van der Waals surface area (Å²) >= 11 is 0. The number of ether oxygens (including phenoxy) is 4. The van der Waals surface area contributed by atoms with Crippen molar-refractivity contribution in [3.63, 3.8) is 0 Å². The molecule has 0 radical (unpaired) electrons. The van der Waals surface area contributed by atoms with Crippen LogP contribution in [0.3, 0.4) is 0 Å². The van der Waals surface area contributed by atoms with E-state index in [4.69, 9.17) is 18.9 Å². The highest BCUT2D eigenvalue weighted by atomic mass is 31.0. The number of hydrogen-bond donors (Lipinski definition) is 0. The van der Waals surface area contributed by atoms with Crippen molar-refractivity contribution in [1.29, 1.82) is 0 Å². The molecule has 1 aliphatic carbocycles. The van der Waals surface area contributed by atoms with Gasteiger partial charge in [0.1, 0.15) is 11.5 Å². The molecular weight excluding hydrogens is 294 g/mol. The van der Waals surface area contributed by atoms with Crippen LogP contribution < -0.4 is 14.8 Å². The molecule has 0 N–H and O–H groups in total. The van der Waals surface area contributed by atoms with Gasteiger partial charge in [-0.3, -0.25) is 0 Å². The predicted molar refractivity (Wildman–Crippen MR) is 81.4 cm³/mol. The maximum absolute atomic E-state index is 5.75. The minimum absolute atomic E-state index is 0.149. The Morgan fingerprint density at radius 3 is 2.80 bits per heavy atom. The third kappa shape index (κ3) is 1.82. The Hall–Kier alpha value is -0.980. The minimum atomic E-state index is 0.149. The van der Waals surface area contributed by atoms with Gasteiger partial charge in [0.05, 0.1) is 5.92 Å². The first-order valence-electron chi connectivity index (χ1n) is 6.68. The monoisotopic (exact) mass is 310 g/mol. The molecule has 0 bridgehead atoms. The summed E-state index contributed by atoms with van der Waals surface area (Å²) in [7, 11) is 5.73. The maximum atomic E-state index is 5.75. The van der Waals surface area contributed by atoms with Crippen molar-refractivity contribution in [3.8, 4) is 11.5 Å². The molecule has 106 valence electrons. The molecule has 4 atom stereocenters. The molecule has 0 amide bonds. The molecule has 0 saturated heterocycles. The van der Waals surface area contributed by atoms with Gasteiger partial charge >= 0.3 is 0 Å². The lowest BCUT2D eigenvalue weighted by Crippen LogP contribution is -2.24. The SMILES string of the molecule is Pc1ccc2c(c1[C@H]1C3=C(CC[C@H]1P)OCO3)OCO2. The number of hydrogen-bond acceptors (Lipinski definition) is 4. The first-order chi connectivity index (χ1) is 9.75. The first kappa shape index (κ1) is 12.7. The van der Waals surface area contributed by atoms with E-state index in [0.29, 0.717) is 12.5 Å². The van der Waals surface area contributed by atoms with Gasteiger partial charge < -0.3 is 18.9 Å². The molecule has 2 heterocycles. The fourth-order valence-electron chi connectivity index (χ4n) is 3.11. The van der Waals surface area contributed by atoms with E-state index in [1.54, 1.807) is 0 Å². The van der Waals surface area contributed by atoms with Crippen LogP contribution in [-0.2, 0) is 9.47 Å². The lowest BCUT2D eigenvalue weighted by Gasteiger charge is -2.30. The Labute approximate surface area is 122 Å². The summed E-state index contributed by atoms with van der Waals surface area (Å²) in [5.74, 6) is 3.77. The Morgan fingerprint density at radius 2 is 1.90 bits per heavy atom. The molecule has 20 heavy (non-hydrogen) atoms. The minimum Gasteiger partial charge on any atom is -0.458 e. The fraction of sp³-hybridized carbons (Fsp3) is 0.429. The summed E-state index contributed by atoms with van der Waals surface area (Å²) in [5, 5.41) is 1.12. The molecule has 1 aromatic rings. The van der Waals surface area contributed by atoms with Gasteiger partial charge in [-0.2, -0.15) is 0 Å². The summed E-state index contributed by atoms with van der Waals surface area (Å²) < 4.78 is 22.5. The van der Waals surface area contributed by atoms with Gasteiger partial charge in [-0.1, -0.05) is 6.07 Å². The van der Waals surface area contributed by atoms with E-state index in [1.807, 2.05) is 6.07 Å². The van der Waals surface area contributed by atoms with Gasteiger partial charge in [0.25, 0.3) is 0 Å². The van der Waals surface area contributed by atoms with Crippen molar-refractivity contribution >= 4 is 23.8 Å². The van der Waals surface area contributed by atoms with Crippen molar-refractivity contribution in [3.05, 3.63) is 29.2 Å². The van der Waals surface area contributed by atoms with Gasteiger partial charge in [0, 0.05) is 12.0 Å². The van der Waals surface area contributed by atoms with Gasteiger partial charge in [0.2, 0.25) is 13.6 Å². The predicted octanol–water partition coefficient (Wildman–Crippen LogP) is 2.25. The average Bonchev–Trinajstić information content (AvgIpc) is 3.08. The van der Waals surface area contributed by atoms with Crippen molar-refractivity contribution in [2.75, 3.05) is 13.6 Å². The van der Waals surface area contributed by atoms with Crippen molar-refractivity contribution < 1.29 is 18.9 Å². The topological polar surface area (TPSA) is 36.9 Å². The molecule has 0 saturated carbocycles. The van der Waals surface area contributed by atoms with Crippen LogP contribution in [0.4, 0.5) is 0 Å². The summed E-state index contributed by atoms with van der Waals surface area (Å²) in [4.78, 5) is 0. The highest BCUT2D eigenvalue weighted by Gasteiger charge is 2.39.